The van der Waals surface area contributed by atoms with Crippen LogP contribution >= 0.6 is 12.6 Å². The van der Waals surface area contributed by atoms with Gasteiger partial charge < -0.3 is 73.8 Å². The molecule has 1 aromatic carbocycles. The average Bonchev–Trinajstić information content (AvgIpc) is 3.17. The third kappa shape index (κ3) is 22.8. The van der Waals surface area contributed by atoms with E-state index in [0.717, 1.165) is 0 Å². The van der Waals surface area contributed by atoms with Gasteiger partial charge in [0.25, 0.3) is 0 Å². The fourth-order valence-electron chi connectivity index (χ4n) is 5.18. The van der Waals surface area contributed by atoms with Crippen LogP contribution in [0, 0.1) is 5.41 Å². The van der Waals surface area contributed by atoms with Crippen molar-refractivity contribution in [2.75, 3.05) is 18.8 Å². The fourth-order valence-corrected chi connectivity index (χ4v) is 5.43. The second-order valence-electron chi connectivity index (χ2n) is 13.3. The Labute approximate surface area is 353 Å². The summed E-state index contributed by atoms with van der Waals surface area (Å²) in [6.45, 7) is 0.344. The normalized spacial score (nSPS) is 13.0. The largest absolute Gasteiger partial charge is 0.481 e. The summed E-state index contributed by atoms with van der Waals surface area (Å²) in [5.41, 5.74) is 6.43. The number of carboxylic acids is 5. The monoisotopic (exact) mass is 884 g/mol. The Bertz CT molecular complexity index is 1730. The van der Waals surface area contributed by atoms with Crippen molar-refractivity contribution in [2.45, 2.75) is 94.5 Å². The summed E-state index contributed by atoms with van der Waals surface area (Å²) in [5.74, 6) is -10.4. The molecule has 0 aliphatic carbocycles. The van der Waals surface area contributed by atoms with Gasteiger partial charge in [-0.05, 0) is 49.7 Å². The summed E-state index contributed by atoms with van der Waals surface area (Å²) in [6, 6.07) is -2.59. The van der Waals surface area contributed by atoms with Gasteiger partial charge in [-0.1, -0.05) is 24.3 Å². The van der Waals surface area contributed by atoms with Gasteiger partial charge >= 0.3 is 41.9 Å². The van der Waals surface area contributed by atoms with Crippen molar-refractivity contribution in [3.05, 3.63) is 35.4 Å². The molecule has 0 bridgehead atoms. The molecule has 0 unspecified atom stereocenters. The molecule has 0 spiro atoms. The number of nitrogens with two attached hydrogens (primary N) is 1. The molecule has 0 heterocycles. The topological polar surface area (TPSA) is 418 Å². The quantitative estimate of drug-likeness (QED) is 0.0171. The van der Waals surface area contributed by atoms with Crippen LogP contribution in [-0.4, -0.2) is 140 Å². The van der Waals surface area contributed by atoms with Crippen LogP contribution in [0.5, 0.6) is 0 Å². The predicted molar refractivity (Wildman–Crippen MR) is 214 cm³/mol. The Kier molecular flexibility index (Phi) is 23.7. The minimum absolute atomic E-state index is 0.0333. The summed E-state index contributed by atoms with van der Waals surface area (Å²) < 4.78 is 0. The summed E-state index contributed by atoms with van der Waals surface area (Å²) in [6.07, 6.45) is -1.40. The minimum Gasteiger partial charge on any atom is -0.481 e. The number of guanidine groups is 1. The zero-order chi connectivity index (χ0) is 46.1. The maximum atomic E-state index is 13.3. The molecule has 5 atom stereocenters. The van der Waals surface area contributed by atoms with Gasteiger partial charge in [-0.2, -0.15) is 12.6 Å². The van der Waals surface area contributed by atoms with Crippen LogP contribution in [0.2, 0.25) is 0 Å². The van der Waals surface area contributed by atoms with E-state index < -0.39 is 109 Å². The van der Waals surface area contributed by atoms with Crippen LogP contribution < -0.4 is 48.3 Å². The van der Waals surface area contributed by atoms with E-state index >= 15 is 0 Å². The zero-order valence-electron chi connectivity index (χ0n) is 32.7. The van der Waals surface area contributed by atoms with E-state index in [2.05, 4.69) is 49.8 Å². The van der Waals surface area contributed by atoms with E-state index in [9.17, 15) is 63.3 Å². The average molecular weight is 885 g/mol. The van der Waals surface area contributed by atoms with Gasteiger partial charge in [0.2, 0.25) is 17.7 Å². The van der Waals surface area contributed by atoms with Crippen LogP contribution in [0.25, 0.3) is 0 Å². The molecular formula is C35H52N10O15S. The number of hydrogen-bond acceptors (Lipinski definition) is 12. The first-order chi connectivity index (χ1) is 28.7. The predicted octanol–water partition coefficient (Wildman–Crippen LogP) is -2.52. The van der Waals surface area contributed by atoms with Crippen molar-refractivity contribution in [1.82, 2.24) is 42.5 Å². The number of carbonyl (C=O) groups excluding carboxylic acids is 5. The Morgan fingerprint density at radius 2 is 1.10 bits per heavy atom. The lowest BCUT2D eigenvalue weighted by Gasteiger charge is -2.23. The number of hydrogen-bond donors (Lipinski definition) is 16. The Morgan fingerprint density at radius 1 is 0.574 bits per heavy atom. The molecule has 1 aromatic rings. The van der Waals surface area contributed by atoms with E-state index in [4.69, 9.17) is 21.4 Å². The summed E-state index contributed by atoms with van der Waals surface area (Å²) in [7, 11) is 0. The molecule has 338 valence electrons. The van der Waals surface area contributed by atoms with E-state index in [0.29, 0.717) is 17.5 Å². The molecule has 61 heavy (non-hydrogen) atoms. The van der Waals surface area contributed by atoms with Crippen LogP contribution in [0.15, 0.2) is 24.3 Å². The van der Waals surface area contributed by atoms with Crippen molar-refractivity contribution in [3.8, 4) is 0 Å². The number of nitrogens with one attached hydrogen (secondary N) is 9. The third-order valence-corrected chi connectivity index (χ3v) is 8.71. The lowest BCUT2D eigenvalue weighted by molar-refractivity contribution is -0.143. The number of aliphatic carboxylic acids is 5. The van der Waals surface area contributed by atoms with Crippen molar-refractivity contribution < 1.29 is 73.5 Å². The second kappa shape index (κ2) is 27.8. The SMILES string of the molecule is N=C(N)NCCC[C@H](NC(=O)Cc1ccc(CNC(=O)NCCCC[C@H](NC(=O)N[C@@H](CCC(=O)O)C(=O)O)C(=O)O)cc1)C(=O)N[C@@H](CC(=O)O)C(=O)N[C@@H](CS)C(=O)O. The van der Waals surface area contributed by atoms with Gasteiger partial charge in [-0.15, -0.1) is 0 Å². The van der Waals surface area contributed by atoms with E-state index in [1.54, 1.807) is 24.3 Å². The van der Waals surface area contributed by atoms with Gasteiger partial charge in [0, 0.05) is 31.8 Å². The minimum atomic E-state index is -1.70. The highest BCUT2D eigenvalue weighted by Gasteiger charge is 2.31. The zero-order valence-corrected chi connectivity index (χ0v) is 33.6. The number of benzene rings is 1. The molecule has 1 rings (SSSR count). The number of rotatable bonds is 29. The van der Waals surface area contributed by atoms with Gasteiger partial charge in [-0.3, -0.25) is 29.4 Å². The number of unbranched alkanes of at least 4 members (excludes halogenated alkanes) is 1. The highest BCUT2D eigenvalue weighted by atomic mass is 32.1. The molecule has 0 saturated heterocycles. The Morgan fingerprint density at radius 3 is 1.64 bits per heavy atom. The molecule has 0 radical (unpaired) electrons. The van der Waals surface area contributed by atoms with Crippen LogP contribution in [0.1, 0.15) is 62.5 Å². The van der Waals surface area contributed by atoms with E-state index in [-0.39, 0.29) is 63.5 Å². The van der Waals surface area contributed by atoms with Crippen LogP contribution in [0.4, 0.5) is 9.59 Å². The van der Waals surface area contributed by atoms with Crippen molar-refractivity contribution in [2.24, 2.45) is 5.73 Å². The highest BCUT2D eigenvalue weighted by molar-refractivity contribution is 7.80. The fraction of sp³-hybridized carbons (Fsp3) is 0.514. The third-order valence-electron chi connectivity index (χ3n) is 8.35. The first kappa shape index (κ1) is 52.2. The molecule has 26 heteroatoms. The number of urea groups is 2. The van der Waals surface area contributed by atoms with Crippen LogP contribution in [0.3, 0.4) is 0 Å². The first-order valence-corrected chi connectivity index (χ1v) is 19.2. The van der Waals surface area contributed by atoms with Crippen molar-refractivity contribution in [1.29, 1.82) is 5.41 Å². The number of amides is 7. The number of thiol groups is 1. The second-order valence-corrected chi connectivity index (χ2v) is 13.6. The Balaban J connectivity index is 2.70. The molecule has 0 aliphatic heterocycles. The van der Waals surface area contributed by atoms with E-state index in [1.807, 2.05) is 5.32 Å². The number of carbonyl (C=O) groups is 10. The number of carboxylic acid groups (broad SMARTS) is 5. The van der Waals surface area contributed by atoms with Crippen molar-refractivity contribution >= 4 is 78.2 Å². The summed E-state index contributed by atoms with van der Waals surface area (Å²) in [4.78, 5) is 120. The smallest absolute Gasteiger partial charge is 0.327 e. The lowest BCUT2D eigenvalue weighted by Crippen LogP contribution is -2.56. The molecule has 0 aliphatic rings. The first-order valence-electron chi connectivity index (χ1n) is 18.6. The van der Waals surface area contributed by atoms with E-state index in [1.165, 1.54) is 0 Å². The molecule has 16 N–H and O–H groups in total. The standard InChI is InChI=1S/C35H52N10O15S/c36-33(37)38-13-3-5-20(28(51)42-23(15-27(49)50)29(52)43-24(17-61)32(57)58)41-25(46)14-18-6-8-19(9-7-18)16-40-34(59)39-12-2-1-4-21(30(53)54)44-35(60)45-22(31(55)56)10-11-26(47)48/h6-9,20-24,61H,1-5,10-17H2,(H,41,46)(H,42,51)(H,43,52)(H,47,48)(H,49,50)(H,53,54)(H,55,56)(H,57,58)(H4,36,37,38)(H2,39,40,59)(H2,44,45,60)/t20-,21-,22-,23-,24-/m0/s1. The van der Waals surface area contributed by atoms with Crippen molar-refractivity contribution in [3.63, 3.8) is 0 Å². The van der Waals surface area contributed by atoms with Gasteiger partial charge in [-0.25, -0.2) is 24.0 Å². The summed E-state index contributed by atoms with van der Waals surface area (Å²) in [5, 5.41) is 72.0. The van der Waals surface area contributed by atoms with Gasteiger partial charge in [0.05, 0.1) is 12.8 Å². The Hall–Kier alpha value is -6.86. The molecule has 0 saturated carbocycles. The molecule has 0 aromatic heterocycles. The highest BCUT2D eigenvalue weighted by Crippen LogP contribution is 2.08. The van der Waals surface area contributed by atoms with Gasteiger partial charge in [0.1, 0.15) is 30.2 Å². The van der Waals surface area contributed by atoms with Gasteiger partial charge in [0.15, 0.2) is 5.96 Å². The molecule has 0 fully saturated rings. The maximum Gasteiger partial charge on any atom is 0.327 e. The van der Waals surface area contributed by atoms with Crippen LogP contribution in [-0.2, 0) is 51.3 Å². The molecule has 7 amide bonds. The molecule has 25 nitrogen and oxygen atoms in total. The maximum absolute atomic E-state index is 13.3. The molecular weight excluding hydrogens is 833 g/mol. The summed E-state index contributed by atoms with van der Waals surface area (Å²) >= 11 is 3.85. The lowest BCUT2D eigenvalue weighted by atomic mass is 10.1.